The van der Waals surface area contributed by atoms with Crippen LogP contribution >= 0.6 is 0 Å². The predicted molar refractivity (Wildman–Crippen MR) is 38.3 cm³/mol. The van der Waals surface area contributed by atoms with Crippen LogP contribution in [0.5, 0.6) is 0 Å². The van der Waals surface area contributed by atoms with Crippen LogP contribution in [0.4, 0.5) is 0 Å². The van der Waals surface area contributed by atoms with Crippen molar-refractivity contribution < 1.29 is 5.11 Å². The molecular formula is C8H14O. The highest BCUT2D eigenvalue weighted by molar-refractivity contribution is 5.10. The van der Waals surface area contributed by atoms with Crippen molar-refractivity contribution in [2.24, 2.45) is 5.92 Å². The lowest BCUT2D eigenvalue weighted by Gasteiger charge is -2.19. The number of rotatable bonds is 0. The van der Waals surface area contributed by atoms with E-state index in [2.05, 4.69) is 6.92 Å². The highest BCUT2D eigenvalue weighted by atomic mass is 16.3. The molecule has 1 rings (SSSR count). The van der Waals surface area contributed by atoms with Crippen molar-refractivity contribution in [2.75, 3.05) is 0 Å². The second-order valence-corrected chi connectivity index (χ2v) is 2.92. The fraction of sp³-hybridized carbons (Fsp3) is 0.750. The van der Waals surface area contributed by atoms with Crippen molar-refractivity contribution in [3.63, 3.8) is 0 Å². The number of hydrogen-bond donors (Lipinski definition) is 1. The van der Waals surface area contributed by atoms with Gasteiger partial charge in [-0.2, -0.15) is 0 Å². The predicted octanol–water partition coefficient (Wildman–Crippen LogP) is 2.64. The fourth-order valence-electron chi connectivity index (χ4n) is 1.27. The number of allylic oxidation sites excluding steroid dienone is 2. The van der Waals surface area contributed by atoms with Crippen LogP contribution in [0.25, 0.3) is 0 Å². The molecule has 0 spiro atoms. The summed E-state index contributed by atoms with van der Waals surface area (Å²) in [6.45, 7) is 4.20. The van der Waals surface area contributed by atoms with Crippen LogP contribution in [-0.2, 0) is 0 Å². The molecule has 0 aliphatic heterocycles. The Morgan fingerprint density at radius 3 is 2.67 bits per heavy atom. The molecule has 1 heteroatoms. The molecule has 0 amide bonds. The smallest absolute Gasteiger partial charge is 0.0914 e. The standard InChI is InChI=1S/C8H14O/c1-6-4-3-5-8(9)7(6)2/h6,9H,3-5H2,1-2H3. The van der Waals surface area contributed by atoms with E-state index in [-0.39, 0.29) is 0 Å². The summed E-state index contributed by atoms with van der Waals surface area (Å²) in [5.74, 6) is 1.24. The van der Waals surface area contributed by atoms with Gasteiger partial charge in [0, 0.05) is 6.42 Å². The van der Waals surface area contributed by atoms with E-state index in [1.54, 1.807) is 0 Å². The van der Waals surface area contributed by atoms with Gasteiger partial charge in [0.25, 0.3) is 0 Å². The first-order chi connectivity index (χ1) is 4.22. The summed E-state index contributed by atoms with van der Waals surface area (Å²) in [5.41, 5.74) is 1.20. The van der Waals surface area contributed by atoms with Crippen LogP contribution in [0.1, 0.15) is 33.1 Å². The maximum Gasteiger partial charge on any atom is 0.0914 e. The number of aliphatic hydroxyl groups excluding tert-OH is 1. The minimum Gasteiger partial charge on any atom is -0.512 e. The van der Waals surface area contributed by atoms with Crippen LogP contribution < -0.4 is 0 Å². The zero-order chi connectivity index (χ0) is 6.85. The Morgan fingerprint density at radius 1 is 1.56 bits per heavy atom. The third-order valence-corrected chi connectivity index (χ3v) is 2.25. The van der Waals surface area contributed by atoms with Crippen LogP contribution in [0, 0.1) is 5.92 Å². The van der Waals surface area contributed by atoms with Gasteiger partial charge in [-0.3, -0.25) is 0 Å². The molecule has 0 radical (unpaired) electrons. The molecule has 0 bridgehead atoms. The molecule has 1 atom stereocenters. The largest absolute Gasteiger partial charge is 0.512 e. The van der Waals surface area contributed by atoms with Gasteiger partial charge in [-0.15, -0.1) is 0 Å². The Hall–Kier alpha value is -0.460. The van der Waals surface area contributed by atoms with E-state index < -0.39 is 0 Å². The molecule has 1 unspecified atom stereocenters. The monoisotopic (exact) mass is 126 g/mol. The van der Waals surface area contributed by atoms with Gasteiger partial charge in [-0.1, -0.05) is 6.92 Å². The SMILES string of the molecule is CC1=C(O)CCCC1C. The Bertz CT molecular complexity index is 136. The number of hydrogen-bond acceptors (Lipinski definition) is 1. The maximum absolute atomic E-state index is 9.23. The van der Waals surface area contributed by atoms with Crippen molar-refractivity contribution in [1.82, 2.24) is 0 Å². The van der Waals surface area contributed by atoms with Gasteiger partial charge in [0.15, 0.2) is 0 Å². The molecule has 0 aromatic carbocycles. The van der Waals surface area contributed by atoms with Gasteiger partial charge in [0.1, 0.15) is 0 Å². The molecule has 0 heterocycles. The van der Waals surface area contributed by atoms with E-state index in [0.29, 0.717) is 11.7 Å². The summed E-state index contributed by atoms with van der Waals surface area (Å²) >= 11 is 0. The summed E-state index contributed by atoms with van der Waals surface area (Å²) in [7, 11) is 0. The summed E-state index contributed by atoms with van der Waals surface area (Å²) < 4.78 is 0. The lowest BCUT2D eigenvalue weighted by atomic mass is 9.89. The van der Waals surface area contributed by atoms with Crippen LogP contribution in [0.2, 0.25) is 0 Å². The van der Waals surface area contributed by atoms with Crippen molar-refractivity contribution in [3.8, 4) is 0 Å². The Morgan fingerprint density at radius 2 is 2.22 bits per heavy atom. The molecule has 0 saturated heterocycles. The molecule has 1 aliphatic rings. The molecule has 0 aromatic rings. The first-order valence-corrected chi connectivity index (χ1v) is 3.60. The highest BCUT2D eigenvalue weighted by Crippen LogP contribution is 2.27. The summed E-state index contributed by atoms with van der Waals surface area (Å²) in [5, 5.41) is 9.23. The summed E-state index contributed by atoms with van der Waals surface area (Å²) in [4.78, 5) is 0. The molecule has 9 heavy (non-hydrogen) atoms. The molecule has 0 saturated carbocycles. The molecule has 0 fully saturated rings. The average molecular weight is 126 g/mol. The van der Waals surface area contributed by atoms with E-state index >= 15 is 0 Å². The molecule has 0 aromatic heterocycles. The minimum atomic E-state index is 0.610. The van der Waals surface area contributed by atoms with Gasteiger partial charge in [0.05, 0.1) is 5.76 Å². The van der Waals surface area contributed by atoms with E-state index in [1.807, 2.05) is 6.92 Å². The van der Waals surface area contributed by atoms with Gasteiger partial charge < -0.3 is 5.11 Å². The molecule has 52 valence electrons. The van der Waals surface area contributed by atoms with Gasteiger partial charge in [-0.25, -0.2) is 0 Å². The van der Waals surface area contributed by atoms with Crippen molar-refractivity contribution in [3.05, 3.63) is 11.3 Å². The topological polar surface area (TPSA) is 20.2 Å². The molecule has 1 N–H and O–H groups in total. The third-order valence-electron chi connectivity index (χ3n) is 2.25. The summed E-state index contributed by atoms with van der Waals surface area (Å²) in [6, 6.07) is 0. The Balaban J connectivity index is 2.72. The van der Waals surface area contributed by atoms with Crippen molar-refractivity contribution in [2.45, 2.75) is 33.1 Å². The molecular weight excluding hydrogens is 112 g/mol. The van der Waals surface area contributed by atoms with Crippen molar-refractivity contribution in [1.29, 1.82) is 0 Å². The molecule has 1 nitrogen and oxygen atoms in total. The highest BCUT2D eigenvalue weighted by Gasteiger charge is 2.14. The van der Waals surface area contributed by atoms with Crippen LogP contribution in [0.3, 0.4) is 0 Å². The minimum absolute atomic E-state index is 0.610. The zero-order valence-corrected chi connectivity index (χ0v) is 6.15. The lowest BCUT2D eigenvalue weighted by molar-refractivity contribution is 0.339. The first-order valence-electron chi connectivity index (χ1n) is 3.60. The summed E-state index contributed by atoms with van der Waals surface area (Å²) in [6.07, 6.45) is 3.30. The Labute approximate surface area is 56.4 Å². The Kier molecular flexibility index (Phi) is 1.79. The zero-order valence-electron chi connectivity index (χ0n) is 6.15. The van der Waals surface area contributed by atoms with Gasteiger partial charge in [-0.05, 0) is 31.3 Å². The first kappa shape index (κ1) is 6.66. The maximum atomic E-state index is 9.23. The van der Waals surface area contributed by atoms with E-state index in [4.69, 9.17) is 0 Å². The van der Waals surface area contributed by atoms with Gasteiger partial charge in [0.2, 0.25) is 0 Å². The lowest BCUT2D eigenvalue weighted by Crippen LogP contribution is -2.06. The van der Waals surface area contributed by atoms with Crippen molar-refractivity contribution >= 4 is 0 Å². The average Bonchev–Trinajstić information content (AvgIpc) is 1.83. The van der Waals surface area contributed by atoms with Gasteiger partial charge >= 0.3 is 0 Å². The second-order valence-electron chi connectivity index (χ2n) is 2.92. The molecule has 1 aliphatic carbocycles. The number of aliphatic hydroxyl groups is 1. The van der Waals surface area contributed by atoms with Crippen LogP contribution in [-0.4, -0.2) is 5.11 Å². The third kappa shape index (κ3) is 1.26. The van der Waals surface area contributed by atoms with E-state index in [9.17, 15) is 5.11 Å². The quantitative estimate of drug-likeness (QED) is 0.529. The van der Waals surface area contributed by atoms with E-state index in [0.717, 1.165) is 12.8 Å². The van der Waals surface area contributed by atoms with Crippen LogP contribution in [0.15, 0.2) is 11.3 Å². The normalized spacial score (nSPS) is 28.9. The van der Waals surface area contributed by atoms with E-state index in [1.165, 1.54) is 12.0 Å². The fourth-order valence-corrected chi connectivity index (χ4v) is 1.27. The second kappa shape index (κ2) is 2.42.